The van der Waals surface area contributed by atoms with Crippen molar-refractivity contribution in [2.75, 3.05) is 13.2 Å². The molecular weight excluding hydrogens is 396 g/mol. The molecule has 1 aliphatic carbocycles. The van der Waals surface area contributed by atoms with Gasteiger partial charge in [0, 0.05) is 11.1 Å². The topological polar surface area (TPSA) is 46.6 Å². The Balaban J connectivity index is 1.80. The van der Waals surface area contributed by atoms with E-state index in [2.05, 4.69) is 0 Å². The smallest absolute Gasteiger partial charge is 0.244 e. The van der Waals surface area contributed by atoms with E-state index in [1.165, 1.54) is 28.6 Å². The Morgan fingerprint density at radius 2 is 1.63 bits per heavy atom. The van der Waals surface area contributed by atoms with Gasteiger partial charge in [0.15, 0.2) is 0 Å². The van der Waals surface area contributed by atoms with Crippen LogP contribution in [-0.4, -0.2) is 32.0 Å². The Morgan fingerprint density at radius 3 is 2.22 bits per heavy atom. The zero-order valence-electron chi connectivity index (χ0n) is 14.3. The van der Waals surface area contributed by atoms with Crippen LogP contribution in [0.3, 0.4) is 0 Å². The first kappa shape index (κ1) is 18.8. The van der Waals surface area contributed by atoms with Gasteiger partial charge in [-0.05, 0) is 60.7 Å². The second kappa shape index (κ2) is 7.13. The Labute approximate surface area is 161 Å². The molecule has 2 atom stereocenters. The predicted octanol–water partition coefficient (Wildman–Crippen LogP) is 4.16. The number of nitrogens with zero attached hydrogens (tertiary/aromatic N) is 1. The van der Waals surface area contributed by atoms with Crippen molar-refractivity contribution >= 4 is 21.6 Å². The maximum absolute atomic E-state index is 13.8. The number of sulfonamides is 1. The van der Waals surface area contributed by atoms with Gasteiger partial charge in [0.1, 0.15) is 11.6 Å². The molecule has 2 aliphatic rings. The van der Waals surface area contributed by atoms with Crippen LogP contribution in [0.1, 0.15) is 24.4 Å². The Bertz CT molecular complexity index is 928. The predicted molar refractivity (Wildman–Crippen MR) is 96.9 cm³/mol. The molecule has 2 fully saturated rings. The molecule has 0 N–H and O–H groups in total. The minimum Gasteiger partial charge on any atom is -0.378 e. The minimum absolute atomic E-state index is 0.0406. The summed E-state index contributed by atoms with van der Waals surface area (Å²) in [5.74, 6) is -1.31. The molecule has 144 valence electrons. The average molecular weight is 414 g/mol. The normalized spacial score (nSPS) is 24.1. The summed E-state index contributed by atoms with van der Waals surface area (Å²) in [6, 6.07) is 7.85. The number of hydrogen-bond donors (Lipinski definition) is 0. The van der Waals surface area contributed by atoms with Crippen molar-refractivity contribution < 1.29 is 21.9 Å². The number of rotatable bonds is 4. The van der Waals surface area contributed by atoms with Crippen molar-refractivity contribution in [3.05, 3.63) is 64.7 Å². The minimum atomic E-state index is -3.91. The van der Waals surface area contributed by atoms with Gasteiger partial charge in [-0.3, -0.25) is 0 Å². The molecule has 1 saturated heterocycles. The van der Waals surface area contributed by atoms with E-state index in [-0.39, 0.29) is 35.6 Å². The summed E-state index contributed by atoms with van der Waals surface area (Å²) in [5, 5.41) is 0.429. The van der Waals surface area contributed by atoms with Crippen LogP contribution in [-0.2, 0) is 14.8 Å². The van der Waals surface area contributed by atoms with Gasteiger partial charge in [0.05, 0.1) is 30.2 Å². The Hall–Kier alpha value is -1.54. The lowest BCUT2D eigenvalue weighted by Crippen LogP contribution is -2.51. The van der Waals surface area contributed by atoms with E-state index in [0.717, 1.165) is 31.0 Å². The van der Waals surface area contributed by atoms with Crippen molar-refractivity contribution in [2.24, 2.45) is 5.92 Å². The lowest BCUT2D eigenvalue weighted by Gasteiger charge is -2.41. The van der Waals surface area contributed by atoms with Crippen molar-refractivity contribution in [1.82, 2.24) is 4.31 Å². The van der Waals surface area contributed by atoms with E-state index in [1.807, 2.05) is 0 Å². The van der Waals surface area contributed by atoms with Crippen molar-refractivity contribution in [3.8, 4) is 0 Å². The van der Waals surface area contributed by atoms with E-state index >= 15 is 0 Å². The van der Waals surface area contributed by atoms with Crippen LogP contribution in [0.25, 0.3) is 0 Å². The van der Waals surface area contributed by atoms with Crippen LogP contribution in [0.2, 0.25) is 5.02 Å². The number of morpholine rings is 1. The van der Waals surface area contributed by atoms with Gasteiger partial charge in [0.2, 0.25) is 10.0 Å². The fourth-order valence-electron chi connectivity index (χ4n) is 3.59. The average Bonchev–Trinajstić information content (AvgIpc) is 3.45. The zero-order chi connectivity index (χ0) is 19.2. The van der Waals surface area contributed by atoms with Crippen LogP contribution >= 0.6 is 11.6 Å². The molecule has 0 aromatic heterocycles. The largest absolute Gasteiger partial charge is 0.378 e. The van der Waals surface area contributed by atoms with Gasteiger partial charge in [-0.25, -0.2) is 17.2 Å². The lowest BCUT2D eigenvalue weighted by molar-refractivity contribution is -0.0144. The maximum Gasteiger partial charge on any atom is 0.244 e. The number of benzene rings is 2. The SMILES string of the molecule is O=S(=O)(c1ccc(Cl)cc1)N1C(c2cc(F)cc(F)c2)COCC1C1CC1. The van der Waals surface area contributed by atoms with Gasteiger partial charge in [0.25, 0.3) is 0 Å². The maximum atomic E-state index is 13.8. The molecule has 27 heavy (non-hydrogen) atoms. The Morgan fingerprint density at radius 1 is 1.00 bits per heavy atom. The fraction of sp³-hybridized carbons (Fsp3) is 0.368. The molecule has 2 aromatic rings. The van der Waals surface area contributed by atoms with Crippen LogP contribution < -0.4 is 0 Å². The third-order valence-corrected chi connectivity index (χ3v) is 7.22. The number of ether oxygens (including phenoxy) is 1. The second-order valence-electron chi connectivity index (χ2n) is 6.95. The van der Waals surface area contributed by atoms with Crippen molar-refractivity contribution in [3.63, 3.8) is 0 Å². The summed E-state index contributed by atoms with van der Waals surface area (Å²) in [5.41, 5.74) is 0.246. The van der Waals surface area contributed by atoms with E-state index in [1.54, 1.807) is 0 Å². The number of hydrogen-bond acceptors (Lipinski definition) is 3. The van der Waals surface area contributed by atoms with E-state index in [0.29, 0.717) is 5.02 Å². The third-order valence-electron chi connectivity index (χ3n) is 5.02. The first-order chi connectivity index (χ1) is 12.9. The van der Waals surface area contributed by atoms with Gasteiger partial charge < -0.3 is 4.74 Å². The summed E-state index contributed by atoms with van der Waals surface area (Å²) in [6.45, 7) is 0.310. The molecule has 4 rings (SSSR count). The fourth-order valence-corrected chi connectivity index (χ4v) is 5.54. The highest BCUT2D eigenvalue weighted by molar-refractivity contribution is 7.89. The zero-order valence-corrected chi connectivity index (χ0v) is 15.9. The quantitative estimate of drug-likeness (QED) is 0.756. The van der Waals surface area contributed by atoms with E-state index in [9.17, 15) is 17.2 Å². The van der Waals surface area contributed by atoms with Crippen LogP contribution in [0, 0.1) is 17.6 Å². The van der Waals surface area contributed by atoms with Gasteiger partial charge in [-0.2, -0.15) is 4.31 Å². The summed E-state index contributed by atoms with van der Waals surface area (Å²) >= 11 is 5.88. The van der Waals surface area contributed by atoms with Crippen LogP contribution in [0.4, 0.5) is 8.78 Å². The van der Waals surface area contributed by atoms with Crippen LogP contribution in [0.5, 0.6) is 0 Å². The third kappa shape index (κ3) is 3.74. The van der Waals surface area contributed by atoms with Gasteiger partial charge >= 0.3 is 0 Å². The van der Waals surface area contributed by atoms with Crippen LogP contribution in [0.15, 0.2) is 47.4 Å². The summed E-state index contributed by atoms with van der Waals surface area (Å²) < 4.78 is 61.4. The Kier molecular flexibility index (Phi) is 4.96. The monoisotopic (exact) mass is 413 g/mol. The van der Waals surface area contributed by atoms with Crippen molar-refractivity contribution in [1.29, 1.82) is 0 Å². The van der Waals surface area contributed by atoms with Gasteiger partial charge in [-0.15, -0.1) is 0 Å². The molecule has 2 aromatic carbocycles. The molecule has 1 aliphatic heterocycles. The molecule has 1 saturated carbocycles. The lowest BCUT2D eigenvalue weighted by atomic mass is 10.0. The molecule has 0 bridgehead atoms. The molecular formula is C19H18ClF2NO3S. The summed E-state index contributed by atoms with van der Waals surface area (Å²) in [4.78, 5) is 0.0984. The van der Waals surface area contributed by atoms with Crippen molar-refractivity contribution in [2.45, 2.75) is 29.8 Å². The van der Waals surface area contributed by atoms with E-state index < -0.39 is 27.7 Å². The number of halogens is 3. The molecule has 0 amide bonds. The highest BCUT2D eigenvalue weighted by Gasteiger charge is 2.47. The molecule has 0 spiro atoms. The first-order valence-corrected chi connectivity index (χ1v) is 10.5. The summed E-state index contributed by atoms with van der Waals surface area (Å²) in [6.07, 6.45) is 1.82. The second-order valence-corrected chi connectivity index (χ2v) is 9.23. The molecule has 1 heterocycles. The highest BCUT2D eigenvalue weighted by atomic mass is 35.5. The molecule has 4 nitrogen and oxygen atoms in total. The van der Waals surface area contributed by atoms with E-state index in [4.69, 9.17) is 16.3 Å². The summed E-state index contributed by atoms with van der Waals surface area (Å²) in [7, 11) is -3.91. The molecule has 8 heteroatoms. The first-order valence-electron chi connectivity index (χ1n) is 8.69. The molecule has 0 radical (unpaired) electrons. The highest BCUT2D eigenvalue weighted by Crippen LogP contribution is 2.43. The van der Waals surface area contributed by atoms with Gasteiger partial charge in [-0.1, -0.05) is 11.6 Å². The molecule has 2 unspecified atom stereocenters. The standard InChI is InChI=1S/C19H18ClF2NO3S/c20-14-3-5-17(6-4-14)27(24,25)23-18(12-1-2-12)10-26-11-19(23)13-7-15(21)9-16(22)8-13/h3-9,12,18-19H,1-2,10-11H2.